The third-order valence-electron chi connectivity index (χ3n) is 13.2. The van der Waals surface area contributed by atoms with Gasteiger partial charge in [-0.1, -0.05) is 109 Å². The maximum atomic E-state index is 14.4. The van der Waals surface area contributed by atoms with Crippen LogP contribution in [0.1, 0.15) is 11.1 Å². The van der Waals surface area contributed by atoms with Crippen molar-refractivity contribution in [3.8, 4) is 27.9 Å². The van der Waals surface area contributed by atoms with E-state index in [1.165, 1.54) is 17.0 Å². The number of hydrogen-bond acceptors (Lipinski definition) is 2. The molecule has 0 aliphatic carbocycles. The molecule has 1 aromatic heterocycles. The van der Waals surface area contributed by atoms with Crippen LogP contribution in [-0.4, -0.2) is 11.3 Å². The van der Waals surface area contributed by atoms with Gasteiger partial charge >= 0.3 is 12.4 Å². The Kier molecular flexibility index (Phi) is 9.22. The summed E-state index contributed by atoms with van der Waals surface area (Å²) in [5.41, 5.74) is 10.6. The van der Waals surface area contributed by atoms with Crippen molar-refractivity contribution < 1.29 is 26.3 Å². The Labute approximate surface area is 387 Å². The van der Waals surface area contributed by atoms with Crippen LogP contribution >= 0.6 is 0 Å². The van der Waals surface area contributed by atoms with Crippen LogP contribution in [0.25, 0.3) is 54.6 Å². The Morgan fingerprint density at radius 2 is 0.941 bits per heavy atom. The van der Waals surface area contributed by atoms with Crippen molar-refractivity contribution in [3.63, 3.8) is 0 Å². The van der Waals surface area contributed by atoms with E-state index >= 15 is 0 Å². The summed E-state index contributed by atoms with van der Waals surface area (Å²) in [6.45, 7) is 7.77. The third kappa shape index (κ3) is 6.39. The molecule has 0 saturated carbocycles. The van der Waals surface area contributed by atoms with Gasteiger partial charge in [-0.15, -0.1) is 0 Å². The van der Waals surface area contributed by atoms with Gasteiger partial charge in [0.2, 0.25) is 0 Å². The van der Waals surface area contributed by atoms with Gasteiger partial charge in [-0.25, -0.2) is 4.85 Å². The molecule has 0 unspecified atom stereocenters. The van der Waals surface area contributed by atoms with Gasteiger partial charge in [-0.2, -0.15) is 26.3 Å². The lowest BCUT2D eigenvalue weighted by Gasteiger charge is -2.44. The number of anilines is 6. The number of rotatable bonds is 5. The fourth-order valence-electron chi connectivity index (χ4n) is 10.3. The van der Waals surface area contributed by atoms with E-state index in [0.29, 0.717) is 17.1 Å². The smallest absolute Gasteiger partial charge is 0.311 e. The summed E-state index contributed by atoms with van der Waals surface area (Å²) in [4.78, 5) is 8.05. The van der Waals surface area contributed by atoms with E-state index in [1.54, 1.807) is 0 Å². The molecular weight excluding hydrogens is 865 g/mol. The second-order valence-corrected chi connectivity index (χ2v) is 17.0. The molecule has 9 aromatic carbocycles. The van der Waals surface area contributed by atoms with E-state index in [0.717, 1.165) is 85.8 Å². The summed E-state index contributed by atoms with van der Waals surface area (Å²) in [6.07, 6.45) is -9.52. The van der Waals surface area contributed by atoms with Crippen LogP contribution in [0.15, 0.2) is 200 Å². The number of benzene rings is 9. The summed E-state index contributed by atoms with van der Waals surface area (Å²) in [6, 6.07) is 61.6. The van der Waals surface area contributed by atoms with Crippen LogP contribution < -0.4 is 26.2 Å². The number of alkyl halides is 6. The van der Waals surface area contributed by atoms with Crippen molar-refractivity contribution in [2.24, 2.45) is 0 Å². The van der Waals surface area contributed by atoms with Gasteiger partial charge in [-0.3, -0.25) is 0 Å². The summed E-state index contributed by atoms with van der Waals surface area (Å²) in [5.74, 6) is 0. The fraction of sp³-hybridized carbons (Fsp3) is 0.0351. The molecule has 326 valence electrons. The van der Waals surface area contributed by atoms with E-state index in [1.807, 2.05) is 77.4 Å². The molecule has 68 heavy (non-hydrogen) atoms. The zero-order valence-electron chi connectivity index (χ0n) is 35.7. The number of fused-ring (bicyclic) bond motifs is 7. The Hall–Kier alpha value is -8.49. The van der Waals surface area contributed by atoms with Crippen molar-refractivity contribution in [2.45, 2.75) is 12.4 Å². The van der Waals surface area contributed by atoms with Crippen LogP contribution in [0.3, 0.4) is 0 Å². The molecule has 2 aliphatic heterocycles. The molecule has 11 heteroatoms. The molecule has 0 bridgehead atoms. The van der Waals surface area contributed by atoms with E-state index in [-0.39, 0.29) is 23.5 Å². The minimum atomic E-state index is -4.77. The normalized spacial score (nSPS) is 13.0. The van der Waals surface area contributed by atoms with E-state index in [2.05, 4.69) is 106 Å². The average molecular weight is 899 g/mol. The van der Waals surface area contributed by atoms with Crippen LogP contribution in [-0.2, 0) is 12.4 Å². The topological polar surface area (TPSA) is 15.8 Å². The molecular formula is C57H33BF6N4. The summed E-state index contributed by atoms with van der Waals surface area (Å²) in [5, 5.41) is 1.62. The molecule has 2 aliphatic rings. The molecule has 0 spiro atoms. The molecule has 12 rings (SSSR count). The lowest BCUT2D eigenvalue weighted by molar-refractivity contribution is -0.138. The summed E-state index contributed by atoms with van der Waals surface area (Å²) < 4.78 is 86.7. The highest BCUT2D eigenvalue weighted by atomic mass is 19.4. The highest BCUT2D eigenvalue weighted by Gasteiger charge is 2.43. The van der Waals surface area contributed by atoms with Gasteiger partial charge in [0.05, 0.1) is 28.9 Å². The molecule has 0 radical (unpaired) electrons. The molecule has 3 heterocycles. The number of halogens is 6. The monoisotopic (exact) mass is 898 g/mol. The SMILES string of the molecule is [C-]#[N+]c1cc(C(F)(F)F)ccc1-c1cc(C(F)(F)F)ccc1-n1c2ccccc2c2cc(-c3cc4c5c(c3)N(c3ccccc3)c3ccccc3B5c3ccccc3N4c3ccccc3)ccc21. The second-order valence-electron chi connectivity index (χ2n) is 17.0. The molecule has 0 N–H and O–H groups in total. The molecule has 0 atom stereocenters. The van der Waals surface area contributed by atoms with Crippen molar-refractivity contribution in [1.82, 2.24) is 4.57 Å². The van der Waals surface area contributed by atoms with Crippen LogP contribution in [0.5, 0.6) is 0 Å². The zero-order valence-corrected chi connectivity index (χ0v) is 35.7. The third-order valence-corrected chi connectivity index (χ3v) is 13.2. The lowest BCUT2D eigenvalue weighted by atomic mass is 9.33. The highest BCUT2D eigenvalue weighted by molar-refractivity contribution is 7.00. The zero-order chi connectivity index (χ0) is 46.5. The van der Waals surface area contributed by atoms with E-state index in [4.69, 9.17) is 6.57 Å². The van der Waals surface area contributed by atoms with Gasteiger partial charge < -0.3 is 14.4 Å². The Morgan fingerprint density at radius 3 is 1.54 bits per heavy atom. The first-order valence-electron chi connectivity index (χ1n) is 21.9. The van der Waals surface area contributed by atoms with Gasteiger partial charge in [0.1, 0.15) is 0 Å². The highest BCUT2D eigenvalue weighted by Crippen LogP contribution is 2.48. The van der Waals surface area contributed by atoms with Crippen LogP contribution in [0, 0.1) is 6.57 Å². The van der Waals surface area contributed by atoms with Gasteiger partial charge in [-0.05, 0) is 130 Å². The van der Waals surface area contributed by atoms with Crippen molar-refractivity contribution in [1.29, 1.82) is 0 Å². The standard InChI is InChI=1S/C57H33BF6N4/c1-65-47-34-38(57(62,63)64)25-27-41(47)44-33-37(56(59,60)61)26-29-50(44)68-48-21-11-8-18-42(48)43-30-35(24-28-49(43)68)36-31-53-55-54(32-36)67(40-16-6-3-7-17-40)52-23-13-10-20-46(52)58(55)45-19-9-12-22-51(45)66(53)39-14-4-2-5-15-39/h2-34H. The predicted molar refractivity (Wildman–Crippen MR) is 262 cm³/mol. The van der Waals surface area contributed by atoms with Crippen molar-refractivity contribution >= 4 is 84.7 Å². The Morgan fingerprint density at radius 1 is 0.412 bits per heavy atom. The maximum Gasteiger partial charge on any atom is 0.416 e. The van der Waals surface area contributed by atoms with Crippen LogP contribution in [0.2, 0.25) is 0 Å². The average Bonchev–Trinajstić information content (AvgIpc) is 3.69. The van der Waals surface area contributed by atoms with E-state index < -0.39 is 29.2 Å². The number of para-hydroxylation sites is 5. The van der Waals surface area contributed by atoms with Gasteiger partial charge in [0.25, 0.3) is 6.71 Å². The molecule has 0 saturated heterocycles. The molecule has 4 nitrogen and oxygen atoms in total. The summed E-state index contributed by atoms with van der Waals surface area (Å²) >= 11 is 0. The minimum Gasteiger partial charge on any atom is -0.311 e. The second kappa shape index (κ2) is 15.3. The maximum absolute atomic E-state index is 14.4. The minimum absolute atomic E-state index is 0.0304. The largest absolute Gasteiger partial charge is 0.416 e. The fourth-order valence-corrected chi connectivity index (χ4v) is 10.3. The predicted octanol–water partition coefficient (Wildman–Crippen LogP) is 14.8. The first kappa shape index (κ1) is 41.0. The quantitative estimate of drug-likeness (QED) is 0.0972. The number of nitrogens with zero attached hydrogens (tertiary/aromatic N) is 4. The molecule has 0 amide bonds. The van der Waals surface area contributed by atoms with E-state index in [9.17, 15) is 26.3 Å². The first-order chi connectivity index (χ1) is 33.0. The Balaban J connectivity index is 1.11. The summed E-state index contributed by atoms with van der Waals surface area (Å²) in [7, 11) is 0. The lowest BCUT2D eigenvalue weighted by Crippen LogP contribution is -2.61. The van der Waals surface area contributed by atoms with Crippen LogP contribution in [0.4, 0.5) is 66.2 Å². The van der Waals surface area contributed by atoms with Crippen molar-refractivity contribution in [2.75, 3.05) is 9.80 Å². The van der Waals surface area contributed by atoms with Crippen molar-refractivity contribution in [3.05, 3.63) is 223 Å². The molecule has 0 fully saturated rings. The molecule has 10 aromatic rings. The van der Waals surface area contributed by atoms with Gasteiger partial charge in [0, 0.05) is 50.5 Å². The number of hydrogen-bond donors (Lipinski definition) is 0. The van der Waals surface area contributed by atoms with Gasteiger partial charge in [0.15, 0.2) is 5.69 Å². The Bertz CT molecular complexity index is 3590. The number of aromatic nitrogens is 1. The first-order valence-corrected chi connectivity index (χ1v) is 21.9.